The fraction of sp³-hybridized carbons (Fsp3) is 0.675. The Morgan fingerprint density at radius 2 is 0.470 bits per heavy atom. The van der Waals surface area contributed by atoms with Gasteiger partial charge in [0, 0.05) is 19.3 Å². The van der Waals surface area contributed by atoms with Crippen LogP contribution in [0.4, 0.5) is 0 Å². The van der Waals surface area contributed by atoms with Crippen LogP contribution in [0.2, 0.25) is 0 Å². The molecular formula is C77H128O6. The molecule has 0 N–H and O–H groups in total. The molecule has 6 nitrogen and oxygen atoms in total. The maximum absolute atomic E-state index is 12.9. The molecule has 0 amide bonds. The zero-order valence-corrected chi connectivity index (χ0v) is 54.2. The van der Waals surface area contributed by atoms with E-state index in [2.05, 4.69) is 154 Å². The summed E-state index contributed by atoms with van der Waals surface area (Å²) in [7, 11) is 0. The molecule has 0 aromatic carbocycles. The predicted octanol–water partition coefficient (Wildman–Crippen LogP) is 24.1. The van der Waals surface area contributed by atoms with Crippen molar-refractivity contribution in [3.05, 3.63) is 134 Å². The summed E-state index contributed by atoms with van der Waals surface area (Å²) in [4.78, 5) is 38.2. The minimum Gasteiger partial charge on any atom is -0.462 e. The topological polar surface area (TPSA) is 78.9 Å². The molecule has 6 heteroatoms. The molecule has 0 radical (unpaired) electrons. The van der Waals surface area contributed by atoms with E-state index in [-0.39, 0.29) is 31.1 Å². The molecule has 0 heterocycles. The van der Waals surface area contributed by atoms with E-state index in [1.807, 2.05) is 0 Å². The van der Waals surface area contributed by atoms with E-state index in [0.29, 0.717) is 19.3 Å². The summed E-state index contributed by atoms with van der Waals surface area (Å²) < 4.78 is 16.9. The first-order chi connectivity index (χ1) is 41.0. The number of hydrogen-bond donors (Lipinski definition) is 0. The molecule has 0 aliphatic heterocycles. The van der Waals surface area contributed by atoms with Crippen LogP contribution < -0.4 is 0 Å². The van der Waals surface area contributed by atoms with Crippen LogP contribution in [0.5, 0.6) is 0 Å². The number of unbranched alkanes of at least 4 members (excludes halogenated alkanes) is 29. The third kappa shape index (κ3) is 68.2. The SMILES string of the molecule is CC/C=C\C/C=C\C/C=C\C/C=C\C/C=C\C/C=C\C/C=C\C/C=C\C/C=C\C/C=C\CCCCC(=O)OCC(COC(=O)CCCCCCCCCCC)OC(=O)CCCCCCCCCCCCC/C=C\CCCCCCCCCC. The smallest absolute Gasteiger partial charge is 0.306 e. The predicted molar refractivity (Wildman–Crippen MR) is 362 cm³/mol. The first kappa shape index (κ1) is 78.5. The van der Waals surface area contributed by atoms with Gasteiger partial charge in [-0.05, 0) is 122 Å². The lowest BCUT2D eigenvalue weighted by Gasteiger charge is -2.18. The van der Waals surface area contributed by atoms with Gasteiger partial charge in [-0.3, -0.25) is 14.4 Å². The van der Waals surface area contributed by atoms with Gasteiger partial charge in [0.1, 0.15) is 13.2 Å². The van der Waals surface area contributed by atoms with Gasteiger partial charge in [0.2, 0.25) is 0 Å². The summed E-state index contributed by atoms with van der Waals surface area (Å²) >= 11 is 0. The highest BCUT2D eigenvalue weighted by Gasteiger charge is 2.19. The second-order valence-electron chi connectivity index (χ2n) is 22.7. The molecular weight excluding hydrogens is 1020 g/mol. The minimum atomic E-state index is -0.799. The number of esters is 3. The van der Waals surface area contributed by atoms with Crippen molar-refractivity contribution in [3.8, 4) is 0 Å². The van der Waals surface area contributed by atoms with Gasteiger partial charge in [-0.15, -0.1) is 0 Å². The fourth-order valence-electron chi connectivity index (χ4n) is 9.47. The Kier molecular flexibility index (Phi) is 66.3. The van der Waals surface area contributed by atoms with E-state index in [1.165, 1.54) is 154 Å². The molecule has 472 valence electrons. The summed E-state index contributed by atoms with van der Waals surface area (Å²) in [6.45, 7) is 6.49. The number of carbonyl (C=O) groups is 3. The van der Waals surface area contributed by atoms with Crippen LogP contribution in [0.1, 0.15) is 316 Å². The van der Waals surface area contributed by atoms with Crippen molar-refractivity contribution in [1.29, 1.82) is 0 Å². The number of rotatable bonds is 62. The maximum atomic E-state index is 12.9. The molecule has 0 saturated carbocycles. The third-order valence-corrected chi connectivity index (χ3v) is 14.6. The van der Waals surface area contributed by atoms with Gasteiger partial charge in [-0.25, -0.2) is 0 Å². The van der Waals surface area contributed by atoms with E-state index >= 15 is 0 Å². The van der Waals surface area contributed by atoms with Crippen LogP contribution in [-0.2, 0) is 28.6 Å². The molecule has 0 aromatic heterocycles. The van der Waals surface area contributed by atoms with Crippen LogP contribution >= 0.6 is 0 Å². The van der Waals surface area contributed by atoms with E-state index in [0.717, 1.165) is 122 Å². The Labute approximate surface area is 513 Å². The van der Waals surface area contributed by atoms with Gasteiger partial charge in [-0.2, -0.15) is 0 Å². The van der Waals surface area contributed by atoms with E-state index in [4.69, 9.17) is 14.2 Å². The van der Waals surface area contributed by atoms with Crippen molar-refractivity contribution in [3.63, 3.8) is 0 Å². The van der Waals surface area contributed by atoms with Crippen molar-refractivity contribution in [1.82, 2.24) is 0 Å². The second kappa shape index (κ2) is 70.0. The lowest BCUT2D eigenvalue weighted by molar-refractivity contribution is -0.167. The van der Waals surface area contributed by atoms with Gasteiger partial charge in [0.25, 0.3) is 0 Å². The quantitative estimate of drug-likeness (QED) is 0.0261. The van der Waals surface area contributed by atoms with Crippen molar-refractivity contribution in [2.75, 3.05) is 13.2 Å². The van der Waals surface area contributed by atoms with Gasteiger partial charge < -0.3 is 14.2 Å². The summed E-state index contributed by atoms with van der Waals surface area (Å²) in [6.07, 6.45) is 99.2. The average Bonchev–Trinajstić information content (AvgIpc) is 3.49. The van der Waals surface area contributed by atoms with Crippen LogP contribution in [0, 0.1) is 0 Å². The number of allylic oxidation sites excluding steroid dienone is 22. The van der Waals surface area contributed by atoms with Gasteiger partial charge in [0.05, 0.1) is 0 Å². The van der Waals surface area contributed by atoms with Crippen LogP contribution in [0.25, 0.3) is 0 Å². The Morgan fingerprint density at radius 1 is 0.253 bits per heavy atom. The van der Waals surface area contributed by atoms with Crippen LogP contribution in [0.15, 0.2) is 134 Å². The fourth-order valence-corrected chi connectivity index (χ4v) is 9.47. The first-order valence-corrected chi connectivity index (χ1v) is 34.7. The van der Waals surface area contributed by atoms with E-state index in [9.17, 15) is 14.4 Å². The third-order valence-electron chi connectivity index (χ3n) is 14.6. The highest BCUT2D eigenvalue weighted by Crippen LogP contribution is 2.16. The average molecular weight is 1150 g/mol. The highest BCUT2D eigenvalue weighted by atomic mass is 16.6. The van der Waals surface area contributed by atoms with Crippen molar-refractivity contribution >= 4 is 17.9 Å². The van der Waals surface area contributed by atoms with Crippen molar-refractivity contribution < 1.29 is 28.6 Å². The molecule has 0 saturated heterocycles. The summed E-state index contributed by atoms with van der Waals surface area (Å²) in [5, 5.41) is 0. The minimum absolute atomic E-state index is 0.0923. The highest BCUT2D eigenvalue weighted by molar-refractivity contribution is 5.71. The molecule has 0 aliphatic rings. The Morgan fingerprint density at radius 3 is 0.771 bits per heavy atom. The summed E-state index contributed by atoms with van der Waals surface area (Å²) in [6, 6.07) is 0. The molecule has 1 atom stereocenters. The Hall–Kier alpha value is -4.45. The van der Waals surface area contributed by atoms with Crippen LogP contribution in [0.3, 0.4) is 0 Å². The van der Waals surface area contributed by atoms with Crippen molar-refractivity contribution in [2.45, 2.75) is 322 Å². The molecule has 0 aliphatic carbocycles. The van der Waals surface area contributed by atoms with Gasteiger partial charge in [-0.1, -0.05) is 309 Å². The zero-order valence-electron chi connectivity index (χ0n) is 54.2. The number of hydrogen-bond acceptors (Lipinski definition) is 6. The summed E-state index contributed by atoms with van der Waals surface area (Å²) in [5.74, 6) is -0.936. The first-order valence-electron chi connectivity index (χ1n) is 34.7. The van der Waals surface area contributed by atoms with E-state index < -0.39 is 6.10 Å². The Bertz CT molecular complexity index is 1750. The molecule has 0 aromatic rings. The normalized spacial score (nSPS) is 13.0. The van der Waals surface area contributed by atoms with Gasteiger partial charge in [0.15, 0.2) is 6.10 Å². The van der Waals surface area contributed by atoms with Crippen molar-refractivity contribution in [2.24, 2.45) is 0 Å². The molecule has 0 fully saturated rings. The van der Waals surface area contributed by atoms with Gasteiger partial charge >= 0.3 is 17.9 Å². The Balaban J connectivity index is 4.29. The standard InChI is InChI=1S/C77H128O6/c1-4-7-10-13-16-19-21-23-25-27-29-31-33-34-35-36-37-38-39-40-41-42-44-45-47-49-51-53-55-58-61-64-67-70-76(79)82-73-74(72-81-75(78)69-66-63-60-57-18-15-12-9-6-3)83-77(80)71-68-65-62-59-56-54-52-50-48-46-43-32-30-28-26-24-22-20-17-14-11-8-5-2/h7,10,16,19,23,25,28-31,34-35,37-38,40-41,44-45,49,51,55,58,74H,4-6,8-9,11-15,17-18,20-22,24,26-27,32-33,36,39,42-43,46-48,50,52-54,56-57,59-73H2,1-3H3/b10-7-,19-16-,25-23-,30-28-,31-29-,35-34-,38-37-,41-40-,45-44-,51-49-,58-55-. The molecule has 0 rings (SSSR count). The molecule has 1 unspecified atom stereocenters. The monoisotopic (exact) mass is 1150 g/mol. The number of carbonyl (C=O) groups excluding carboxylic acids is 3. The molecule has 83 heavy (non-hydrogen) atoms. The number of ether oxygens (including phenoxy) is 3. The maximum Gasteiger partial charge on any atom is 0.306 e. The van der Waals surface area contributed by atoms with E-state index in [1.54, 1.807) is 0 Å². The largest absolute Gasteiger partial charge is 0.462 e. The second-order valence-corrected chi connectivity index (χ2v) is 22.7. The lowest BCUT2D eigenvalue weighted by atomic mass is 10.0. The zero-order chi connectivity index (χ0) is 59.9. The van der Waals surface area contributed by atoms with Crippen LogP contribution in [-0.4, -0.2) is 37.2 Å². The molecule has 0 spiro atoms. The summed E-state index contributed by atoms with van der Waals surface area (Å²) in [5.41, 5.74) is 0. The molecule has 0 bridgehead atoms. The lowest BCUT2D eigenvalue weighted by Crippen LogP contribution is -2.30.